The maximum atomic E-state index is 11.1. The van der Waals surface area contributed by atoms with Crippen molar-refractivity contribution in [3.05, 3.63) is 27.6 Å². The summed E-state index contributed by atoms with van der Waals surface area (Å²) >= 11 is 0. The average Bonchev–Trinajstić information content (AvgIpc) is 2.23. The van der Waals surface area contributed by atoms with Crippen LogP contribution in [0.1, 0.15) is 11.3 Å². The quantitative estimate of drug-likeness (QED) is 0.400. The first-order chi connectivity index (χ1) is 9.41. The van der Waals surface area contributed by atoms with Crippen LogP contribution in [0.3, 0.4) is 0 Å². The molecule has 0 aliphatic carbocycles. The highest BCUT2D eigenvalue weighted by Gasteiger charge is 2.25. The third-order valence-corrected chi connectivity index (χ3v) is 3.22. The van der Waals surface area contributed by atoms with E-state index in [1.54, 1.807) is 0 Å². The second-order valence-corrected chi connectivity index (χ2v) is 7.27. The second-order valence-electron chi connectivity index (χ2n) is 4.05. The van der Waals surface area contributed by atoms with E-state index in [9.17, 15) is 26.9 Å². The van der Waals surface area contributed by atoms with E-state index < -0.39 is 43.2 Å². The van der Waals surface area contributed by atoms with E-state index >= 15 is 0 Å². The Labute approximate surface area is 121 Å². The van der Waals surface area contributed by atoms with Gasteiger partial charge in [0.25, 0.3) is 10.1 Å². The van der Waals surface area contributed by atoms with Crippen LogP contribution in [-0.4, -0.2) is 39.3 Å². The first-order valence-corrected chi connectivity index (χ1v) is 8.91. The molecule has 0 amide bonds. The number of nitrogens with zero attached hydrogens (tertiary/aromatic N) is 2. The smallest absolute Gasteiger partial charge is 0.319 e. The number of aromatic nitrogens is 1. The fourth-order valence-corrected chi connectivity index (χ4v) is 2.15. The summed E-state index contributed by atoms with van der Waals surface area (Å²) < 4.78 is 52.9. The standard InChI is InChI=1S/C9H12N2O8S2/c1-6-7(5-18-20(2,14)15)10-4-8(9(6)11(12)13)19-21(3,16)17/h4H,5H2,1-3H3. The molecular weight excluding hydrogens is 328 g/mol. The number of hydrogen-bond acceptors (Lipinski definition) is 9. The Hall–Kier alpha value is -1.79. The van der Waals surface area contributed by atoms with E-state index in [0.717, 1.165) is 18.7 Å². The molecule has 0 spiro atoms. The van der Waals surface area contributed by atoms with Gasteiger partial charge in [0.1, 0.15) is 6.61 Å². The zero-order valence-corrected chi connectivity index (χ0v) is 12.9. The normalized spacial score (nSPS) is 12.1. The molecule has 0 radical (unpaired) electrons. The summed E-state index contributed by atoms with van der Waals surface area (Å²) in [5, 5.41) is 11.0. The van der Waals surface area contributed by atoms with Crippen molar-refractivity contribution >= 4 is 25.9 Å². The molecule has 118 valence electrons. The summed E-state index contributed by atoms with van der Waals surface area (Å²) in [6, 6.07) is 0. The maximum absolute atomic E-state index is 11.1. The summed E-state index contributed by atoms with van der Waals surface area (Å²) in [5.41, 5.74) is -0.694. The largest absolute Gasteiger partial charge is 0.373 e. The predicted octanol–water partition coefficient (Wildman–Crippen LogP) is 0.113. The number of rotatable bonds is 6. The van der Waals surface area contributed by atoms with E-state index in [-0.39, 0.29) is 11.3 Å². The summed E-state index contributed by atoms with van der Waals surface area (Å²) in [4.78, 5) is 13.9. The molecule has 0 fully saturated rings. The highest BCUT2D eigenvalue weighted by molar-refractivity contribution is 7.86. The van der Waals surface area contributed by atoms with Gasteiger partial charge in [-0.2, -0.15) is 16.8 Å². The summed E-state index contributed by atoms with van der Waals surface area (Å²) in [7, 11) is -7.72. The van der Waals surface area contributed by atoms with E-state index in [1.165, 1.54) is 6.92 Å². The van der Waals surface area contributed by atoms with Gasteiger partial charge < -0.3 is 4.18 Å². The van der Waals surface area contributed by atoms with Gasteiger partial charge in [-0.05, 0) is 6.92 Å². The van der Waals surface area contributed by atoms with Crippen LogP contribution < -0.4 is 4.18 Å². The Kier molecular flexibility index (Phi) is 4.86. The molecule has 0 aliphatic rings. The monoisotopic (exact) mass is 340 g/mol. The fraction of sp³-hybridized carbons (Fsp3) is 0.444. The van der Waals surface area contributed by atoms with Crippen molar-refractivity contribution in [2.45, 2.75) is 13.5 Å². The zero-order chi connectivity index (χ0) is 16.4. The van der Waals surface area contributed by atoms with Crippen LogP contribution in [0.4, 0.5) is 5.69 Å². The van der Waals surface area contributed by atoms with Crippen LogP contribution in [0.15, 0.2) is 6.20 Å². The predicted molar refractivity (Wildman–Crippen MR) is 70.7 cm³/mol. The van der Waals surface area contributed by atoms with Crippen molar-refractivity contribution < 1.29 is 30.1 Å². The summed E-state index contributed by atoms with van der Waals surface area (Å²) in [6.45, 7) is 0.770. The van der Waals surface area contributed by atoms with Crippen molar-refractivity contribution in [3.63, 3.8) is 0 Å². The molecule has 1 heterocycles. The van der Waals surface area contributed by atoms with Crippen LogP contribution in [0.25, 0.3) is 0 Å². The Morgan fingerprint density at radius 3 is 2.24 bits per heavy atom. The lowest BCUT2D eigenvalue weighted by Gasteiger charge is -2.09. The molecule has 0 aliphatic heterocycles. The molecule has 0 aromatic carbocycles. The van der Waals surface area contributed by atoms with Gasteiger partial charge in [-0.15, -0.1) is 0 Å². The minimum absolute atomic E-state index is 0.0204. The van der Waals surface area contributed by atoms with E-state index in [0.29, 0.717) is 0 Å². The first kappa shape index (κ1) is 17.3. The zero-order valence-electron chi connectivity index (χ0n) is 11.3. The van der Waals surface area contributed by atoms with E-state index in [2.05, 4.69) is 13.4 Å². The van der Waals surface area contributed by atoms with Crippen LogP contribution in [-0.2, 0) is 31.0 Å². The van der Waals surface area contributed by atoms with Crippen LogP contribution in [0.2, 0.25) is 0 Å². The van der Waals surface area contributed by atoms with Gasteiger partial charge in [-0.25, -0.2) is 0 Å². The molecule has 1 rings (SSSR count). The molecule has 1 aromatic rings. The third-order valence-electron chi connectivity index (χ3n) is 2.19. The minimum Gasteiger partial charge on any atom is -0.373 e. The summed E-state index contributed by atoms with van der Waals surface area (Å²) in [6.07, 6.45) is 2.37. The van der Waals surface area contributed by atoms with Crippen molar-refractivity contribution in [3.8, 4) is 5.75 Å². The van der Waals surface area contributed by atoms with Gasteiger partial charge >= 0.3 is 15.8 Å². The molecule has 0 N–H and O–H groups in total. The minimum atomic E-state index is -3.97. The molecule has 12 heteroatoms. The Morgan fingerprint density at radius 1 is 1.24 bits per heavy atom. The van der Waals surface area contributed by atoms with E-state index in [4.69, 9.17) is 0 Å². The van der Waals surface area contributed by atoms with Crippen LogP contribution >= 0.6 is 0 Å². The van der Waals surface area contributed by atoms with Gasteiger partial charge in [0.15, 0.2) is 0 Å². The van der Waals surface area contributed by atoms with E-state index in [1.807, 2.05) is 0 Å². The Morgan fingerprint density at radius 2 is 1.81 bits per heavy atom. The SMILES string of the molecule is Cc1c(COS(C)(=O)=O)ncc(OS(C)(=O)=O)c1[N+](=O)[O-]. The molecule has 1 aromatic heterocycles. The molecular formula is C9H12N2O8S2. The van der Waals surface area contributed by atoms with Crippen molar-refractivity contribution in [1.82, 2.24) is 4.98 Å². The lowest BCUT2D eigenvalue weighted by Crippen LogP contribution is -2.11. The van der Waals surface area contributed by atoms with Crippen molar-refractivity contribution in [2.75, 3.05) is 12.5 Å². The average molecular weight is 340 g/mol. The second kappa shape index (κ2) is 5.91. The topological polar surface area (TPSA) is 143 Å². The van der Waals surface area contributed by atoms with Crippen LogP contribution in [0.5, 0.6) is 5.75 Å². The molecule has 21 heavy (non-hydrogen) atoms. The van der Waals surface area contributed by atoms with Gasteiger partial charge in [-0.1, -0.05) is 0 Å². The molecule has 0 atom stereocenters. The highest BCUT2D eigenvalue weighted by Crippen LogP contribution is 2.32. The van der Waals surface area contributed by atoms with Gasteiger partial charge in [0.05, 0.1) is 34.9 Å². The molecule has 10 nitrogen and oxygen atoms in total. The lowest BCUT2D eigenvalue weighted by atomic mass is 10.2. The van der Waals surface area contributed by atoms with Crippen molar-refractivity contribution in [2.24, 2.45) is 0 Å². The number of pyridine rings is 1. The number of hydrogen-bond donors (Lipinski definition) is 0. The van der Waals surface area contributed by atoms with Gasteiger partial charge in [0, 0.05) is 0 Å². The molecule has 0 saturated carbocycles. The fourth-order valence-electron chi connectivity index (χ4n) is 1.38. The molecule has 0 saturated heterocycles. The highest BCUT2D eigenvalue weighted by atomic mass is 32.2. The number of nitro groups is 1. The van der Waals surface area contributed by atoms with Crippen molar-refractivity contribution in [1.29, 1.82) is 0 Å². The van der Waals surface area contributed by atoms with Gasteiger partial charge in [-0.3, -0.25) is 19.3 Å². The molecule has 0 bridgehead atoms. The van der Waals surface area contributed by atoms with Gasteiger partial charge in [0.2, 0.25) is 5.75 Å². The molecule has 0 unspecified atom stereocenters. The first-order valence-electron chi connectivity index (χ1n) is 5.27. The third kappa shape index (κ3) is 5.24. The Balaban J connectivity index is 3.29. The maximum Gasteiger partial charge on any atom is 0.319 e. The van der Waals surface area contributed by atoms with Crippen LogP contribution in [0, 0.1) is 17.0 Å². The Bertz CT molecular complexity index is 769. The lowest BCUT2D eigenvalue weighted by molar-refractivity contribution is -0.386. The summed E-state index contributed by atoms with van der Waals surface area (Å²) in [5.74, 6) is -0.553.